The van der Waals surface area contributed by atoms with Gasteiger partial charge in [-0.2, -0.15) is 0 Å². The molecule has 1 aromatic heterocycles. The minimum absolute atomic E-state index is 0.782. The number of aromatic nitrogens is 1. The van der Waals surface area contributed by atoms with Crippen molar-refractivity contribution in [2.75, 3.05) is 25.0 Å². The van der Waals surface area contributed by atoms with E-state index < -0.39 is 0 Å². The van der Waals surface area contributed by atoms with E-state index in [0.717, 1.165) is 25.5 Å². The largest absolute Gasteiger partial charge is 0.349 e. The Balaban J connectivity index is 2.75. The number of hydrogen-bond acceptors (Lipinski definition) is 3. The van der Waals surface area contributed by atoms with Gasteiger partial charge in [0.25, 0.3) is 0 Å². The molecule has 0 aromatic carbocycles. The molecule has 0 spiro atoms. The van der Waals surface area contributed by atoms with Gasteiger partial charge in [-0.3, -0.25) is 0 Å². The van der Waals surface area contributed by atoms with E-state index in [1.807, 2.05) is 31.5 Å². The molecule has 1 aromatic rings. The lowest BCUT2D eigenvalue weighted by molar-refractivity contribution is 0.811. The van der Waals surface area contributed by atoms with Crippen molar-refractivity contribution in [2.24, 2.45) is 0 Å². The Morgan fingerprint density at radius 1 is 1.31 bits per heavy atom. The zero-order valence-corrected chi connectivity index (χ0v) is 9.82. The molecule has 0 bridgehead atoms. The van der Waals surface area contributed by atoms with Gasteiger partial charge >= 0.3 is 0 Å². The first-order chi connectivity index (χ1) is 7.81. The molecule has 0 radical (unpaired) electrons. The van der Waals surface area contributed by atoms with Crippen molar-refractivity contribution in [2.45, 2.75) is 6.54 Å². The molecule has 0 aliphatic carbocycles. The van der Waals surface area contributed by atoms with Crippen LogP contribution < -0.4 is 10.2 Å². The molecule has 1 rings (SSSR count). The van der Waals surface area contributed by atoms with Crippen molar-refractivity contribution in [1.29, 1.82) is 0 Å². The monoisotopic (exact) mass is 217 g/mol. The molecule has 0 fully saturated rings. The van der Waals surface area contributed by atoms with Crippen LogP contribution in [0.4, 0.5) is 5.82 Å². The summed E-state index contributed by atoms with van der Waals surface area (Å²) < 4.78 is 0. The van der Waals surface area contributed by atoms with Crippen LogP contribution in [-0.4, -0.2) is 25.1 Å². The first kappa shape index (κ1) is 12.5. The zero-order chi connectivity index (χ0) is 11.8. The van der Waals surface area contributed by atoms with E-state index in [-0.39, 0.29) is 0 Å². The summed E-state index contributed by atoms with van der Waals surface area (Å²) in [4.78, 5) is 6.54. The molecule has 0 amide bonds. The molecule has 16 heavy (non-hydrogen) atoms. The molecule has 0 aliphatic rings. The highest BCUT2D eigenvalue weighted by molar-refractivity contribution is 5.40. The number of nitrogens with one attached hydrogen (secondary N) is 1. The van der Waals surface area contributed by atoms with Gasteiger partial charge in [-0.15, -0.1) is 13.2 Å². The summed E-state index contributed by atoms with van der Waals surface area (Å²) in [5, 5.41) is 3.10. The van der Waals surface area contributed by atoms with E-state index in [9.17, 15) is 0 Å². The van der Waals surface area contributed by atoms with E-state index in [2.05, 4.69) is 34.4 Å². The fraction of sp³-hybridized carbons (Fsp3) is 0.308. The lowest BCUT2D eigenvalue weighted by atomic mass is 10.2. The smallest absolute Gasteiger partial charge is 0.129 e. The average molecular weight is 217 g/mol. The summed E-state index contributed by atoms with van der Waals surface area (Å²) in [6.07, 6.45) is 5.63. The molecule has 1 N–H and O–H groups in total. The van der Waals surface area contributed by atoms with Crippen LogP contribution in [0.2, 0.25) is 0 Å². The molecular weight excluding hydrogens is 198 g/mol. The maximum absolute atomic E-state index is 4.43. The summed E-state index contributed by atoms with van der Waals surface area (Å²) in [5.41, 5.74) is 1.18. The normalized spacial score (nSPS) is 9.81. The lowest BCUT2D eigenvalue weighted by Crippen LogP contribution is -2.24. The second-order valence-electron chi connectivity index (χ2n) is 3.54. The van der Waals surface area contributed by atoms with E-state index >= 15 is 0 Å². The SMILES string of the molecule is C=CCN(CC=C)c1ccc(CNC)cn1. The van der Waals surface area contributed by atoms with Crippen molar-refractivity contribution >= 4 is 5.82 Å². The maximum Gasteiger partial charge on any atom is 0.129 e. The predicted octanol–water partition coefficient (Wildman–Crippen LogP) is 1.98. The van der Waals surface area contributed by atoms with Crippen LogP contribution in [0.1, 0.15) is 5.56 Å². The maximum atomic E-state index is 4.43. The number of pyridine rings is 1. The summed E-state index contributed by atoms with van der Waals surface area (Å²) in [5.74, 6) is 0.958. The van der Waals surface area contributed by atoms with Crippen molar-refractivity contribution in [1.82, 2.24) is 10.3 Å². The standard InChI is InChI=1S/C13H19N3/c1-4-8-16(9-5-2)13-7-6-12(10-14-3)11-15-13/h4-7,11,14H,1-2,8-10H2,3H3. The molecule has 0 unspecified atom stereocenters. The van der Waals surface area contributed by atoms with Gasteiger partial charge in [-0.05, 0) is 18.7 Å². The van der Waals surface area contributed by atoms with E-state index in [1.165, 1.54) is 5.56 Å². The Kier molecular flexibility index (Phi) is 5.29. The molecule has 3 nitrogen and oxygen atoms in total. The quantitative estimate of drug-likeness (QED) is 0.708. The van der Waals surface area contributed by atoms with Gasteiger partial charge in [0.05, 0.1) is 0 Å². The summed E-state index contributed by atoms with van der Waals surface area (Å²) >= 11 is 0. The lowest BCUT2D eigenvalue weighted by Gasteiger charge is -2.20. The molecule has 3 heteroatoms. The Morgan fingerprint density at radius 2 is 2.00 bits per heavy atom. The van der Waals surface area contributed by atoms with Gasteiger partial charge in [-0.25, -0.2) is 4.98 Å². The van der Waals surface area contributed by atoms with Gasteiger partial charge < -0.3 is 10.2 Å². The van der Waals surface area contributed by atoms with Crippen LogP contribution in [0.15, 0.2) is 43.6 Å². The topological polar surface area (TPSA) is 28.2 Å². The molecule has 0 saturated heterocycles. The first-order valence-corrected chi connectivity index (χ1v) is 5.38. The highest BCUT2D eigenvalue weighted by atomic mass is 15.2. The van der Waals surface area contributed by atoms with Crippen molar-refractivity contribution in [3.05, 3.63) is 49.2 Å². The second-order valence-corrected chi connectivity index (χ2v) is 3.54. The number of anilines is 1. The Labute approximate surface area is 97.5 Å². The molecule has 1 heterocycles. The Hall–Kier alpha value is -1.61. The van der Waals surface area contributed by atoms with Gasteiger partial charge in [0, 0.05) is 25.8 Å². The fourth-order valence-corrected chi connectivity index (χ4v) is 1.49. The minimum atomic E-state index is 0.782. The molecule has 0 saturated carbocycles. The third kappa shape index (κ3) is 3.51. The highest BCUT2D eigenvalue weighted by Crippen LogP contribution is 2.11. The predicted molar refractivity (Wildman–Crippen MR) is 69.6 cm³/mol. The average Bonchev–Trinajstić information content (AvgIpc) is 2.30. The van der Waals surface area contributed by atoms with Gasteiger partial charge in [0.15, 0.2) is 0 Å². The summed E-state index contributed by atoms with van der Waals surface area (Å²) in [7, 11) is 1.93. The minimum Gasteiger partial charge on any atom is -0.349 e. The second kappa shape index (κ2) is 6.80. The van der Waals surface area contributed by atoms with Crippen LogP contribution in [-0.2, 0) is 6.54 Å². The Bertz CT molecular complexity index is 320. The molecule has 0 aliphatic heterocycles. The molecular formula is C13H19N3. The van der Waals surface area contributed by atoms with Crippen LogP contribution in [0, 0.1) is 0 Å². The number of rotatable bonds is 7. The number of hydrogen-bond donors (Lipinski definition) is 1. The molecule has 86 valence electrons. The van der Waals surface area contributed by atoms with Gasteiger partial charge in [0.2, 0.25) is 0 Å². The van der Waals surface area contributed by atoms with Crippen LogP contribution in [0.3, 0.4) is 0 Å². The summed E-state index contributed by atoms with van der Waals surface area (Å²) in [6, 6.07) is 4.11. The third-order valence-electron chi connectivity index (χ3n) is 2.21. The van der Waals surface area contributed by atoms with Gasteiger partial charge in [0.1, 0.15) is 5.82 Å². The highest BCUT2D eigenvalue weighted by Gasteiger charge is 2.03. The first-order valence-electron chi connectivity index (χ1n) is 5.38. The zero-order valence-electron chi connectivity index (χ0n) is 9.82. The summed E-state index contributed by atoms with van der Waals surface area (Å²) in [6.45, 7) is 9.89. The van der Waals surface area contributed by atoms with E-state index in [1.54, 1.807) is 0 Å². The van der Waals surface area contributed by atoms with Crippen LogP contribution in [0.5, 0.6) is 0 Å². The van der Waals surface area contributed by atoms with Gasteiger partial charge in [-0.1, -0.05) is 18.2 Å². The van der Waals surface area contributed by atoms with Crippen LogP contribution in [0.25, 0.3) is 0 Å². The van der Waals surface area contributed by atoms with E-state index in [0.29, 0.717) is 0 Å². The third-order valence-corrected chi connectivity index (χ3v) is 2.21. The van der Waals surface area contributed by atoms with Crippen molar-refractivity contribution in [3.63, 3.8) is 0 Å². The fourth-order valence-electron chi connectivity index (χ4n) is 1.49. The number of nitrogens with zero attached hydrogens (tertiary/aromatic N) is 2. The van der Waals surface area contributed by atoms with Crippen molar-refractivity contribution in [3.8, 4) is 0 Å². The molecule has 0 atom stereocenters. The van der Waals surface area contributed by atoms with E-state index in [4.69, 9.17) is 0 Å². The Morgan fingerprint density at radius 3 is 2.44 bits per heavy atom. The van der Waals surface area contributed by atoms with Crippen LogP contribution >= 0.6 is 0 Å². The van der Waals surface area contributed by atoms with Crippen molar-refractivity contribution < 1.29 is 0 Å².